The van der Waals surface area contributed by atoms with Crippen molar-refractivity contribution in [3.63, 3.8) is 0 Å². The summed E-state index contributed by atoms with van der Waals surface area (Å²) in [5.41, 5.74) is 0.821. The van der Waals surface area contributed by atoms with Crippen LogP contribution in [0.3, 0.4) is 0 Å². The third kappa shape index (κ3) is 5.40. The molecule has 4 rings (SSSR count). The highest BCUT2D eigenvalue weighted by Crippen LogP contribution is 2.39. The highest BCUT2D eigenvalue weighted by atomic mass is 19.4. The summed E-state index contributed by atoms with van der Waals surface area (Å²) in [6.07, 6.45) is 2.75. The lowest BCUT2D eigenvalue weighted by atomic mass is 9.95. The number of aromatic amines is 1. The molecule has 0 spiro atoms. The SMILES string of the molecule is CNC(c1ccc(Nc2nc(NC3CCCCC3)c3c(C(F)(F)F)c[nH]c3n2)c(OC)c1)C(C)C=N. The van der Waals surface area contributed by atoms with E-state index in [0.717, 1.165) is 43.9 Å². The van der Waals surface area contributed by atoms with Crippen molar-refractivity contribution >= 4 is 34.7 Å². The Bertz CT molecular complexity index is 1200. The van der Waals surface area contributed by atoms with Crippen LogP contribution < -0.4 is 20.7 Å². The molecule has 2 aromatic heterocycles. The molecule has 1 fully saturated rings. The Hall–Kier alpha value is -3.34. The topological polar surface area (TPSA) is 111 Å². The summed E-state index contributed by atoms with van der Waals surface area (Å²) in [5, 5.41) is 17.1. The molecule has 36 heavy (non-hydrogen) atoms. The van der Waals surface area contributed by atoms with Gasteiger partial charge in [-0.1, -0.05) is 32.3 Å². The van der Waals surface area contributed by atoms with Crippen LogP contribution in [0.15, 0.2) is 24.4 Å². The monoisotopic (exact) mass is 503 g/mol. The van der Waals surface area contributed by atoms with Crippen LogP contribution in [0.25, 0.3) is 11.0 Å². The first-order chi connectivity index (χ1) is 17.2. The van der Waals surface area contributed by atoms with Gasteiger partial charge in [0.1, 0.15) is 17.2 Å². The highest BCUT2D eigenvalue weighted by molar-refractivity contribution is 5.92. The maximum absolute atomic E-state index is 13.7. The van der Waals surface area contributed by atoms with E-state index in [1.807, 2.05) is 32.2 Å². The number of hydrogen-bond acceptors (Lipinski definition) is 7. The lowest BCUT2D eigenvalue weighted by molar-refractivity contribution is -0.136. The minimum absolute atomic E-state index is 0.0339. The predicted octanol–water partition coefficient (Wildman–Crippen LogP) is 6.02. The van der Waals surface area contributed by atoms with Crippen LogP contribution in [0.2, 0.25) is 0 Å². The minimum Gasteiger partial charge on any atom is -0.495 e. The Morgan fingerprint density at radius 3 is 2.58 bits per heavy atom. The molecule has 194 valence electrons. The number of halogens is 3. The van der Waals surface area contributed by atoms with Crippen LogP contribution in [0.4, 0.5) is 30.6 Å². The molecule has 2 unspecified atom stereocenters. The minimum atomic E-state index is -4.53. The van der Waals surface area contributed by atoms with Gasteiger partial charge in [0.2, 0.25) is 5.95 Å². The second-order valence-electron chi connectivity index (χ2n) is 9.18. The van der Waals surface area contributed by atoms with Gasteiger partial charge in [-0.05, 0) is 43.8 Å². The van der Waals surface area contributed by atoms with Crippen molar-refractivity contribution in [2.75, 3.05) is 24.8 Å². The van der Waals surface area contributed by atoms with Gasteiger partial charge in [0, 0.05) is 24.2 Å². The second kappa shape index (κ2) is 10.7. The van der Waals surface area contributed by atoms with Gasteiger partial charge in [0.15, 0.2) is 0 Å². The molecule has 2 heterocycles. The lowest BCUT2D eigenvalue weighted by Gasteiger charge is -2.24. The number of aromatic nitrogens is 3. The third-order valence-electron chi connectivity index (χ3n) is 6.71. The second-order valence-corrected chi connectivity index (χ2v) is 9.18. The number of alkyl halides is 3. The fourth-order valence-electron chi connectivity index (χ4n) is 4.81. The molecule has 0 aliphatic heterocycles. The number of ether oxygens (including phenoxy) is 1. The van der Waals surface area contributed by atoms with Crippen LogP contribution in [-0.4, -0.2) is 41.4 Å². The Morgan fingerprint density at radius 1 is 1.19 bits per heavy atom. The fourth-order valence-corrected chi connectivity index (χ4v) is 4.81. The Kier molecular flexibility index (Phi) is 7.67. The molecule has 1 aliphatic rings. The highest BCUT2D eigenvalue weighted by Gasteiger charge is 2.36. The lowest BCUT2D eigenvalue weighted by Crippen LogP contribution is -2.24. The largest absolute Gasteiger partial charge is 0.495 e. The molecule has 1 saturated carbocycles. The van der Waals surface area contributed by atoms with Gasteiger partial charge >= 0.3 is 6.18 Å². The van der Waals surface area contributed by atoms with Crippen molar-refractivity contribution < 1.29 is 17.9 Å². The summed E-state index contributed by atoms with van der Waals surface area (Å²) >= 11 is 0. The quantitative estimate of drug-likeness (QED) is 0.228. The summed E-state index contributed by atoms with van der Waals surface area (Å²) < 4.78 is 46.7. The number of fused-ring (bicyclic) bond motifs is 1. The summed E-state index contributed by atoms with van der Waals surface area (Å²) in [5.74, 6) is 0.806. The summed E-state index contributed by atoms with van der Waals surface area (Å²) in [6.45, 7) is 1.95. The van der Waals surface area contributed by atoms with Gasteiger partial charge in [-0.25, -0.2) is 0 Å². The van der Waals surface area contributed by atoms with Crippen LogP contribution in [0, 0.1) is 11.3 Å². The Labute approximate surface area is 208 Å². The van der Waals surface area contributed by atoms with E-state index in [1.54, 1.807) is 7.11 Å². The van der Waals surface area contributed by atoms with Crippen LogP contribution in [0.5, 0.6) is 5.75 Å². The zero-order valence-electron chi connectivity index (χ0n) is 20.6. The third-order valence-corrected chi connectivity index (χ3v) is 6.71. The standard InChI is InChI=1S/C25H32F3N7O/c1-14(12-29)21(30-2)15-9-10-18(19(11-15)36-3)33-24-34-22-20(17(13-31-22)25(26,27)28)23(35-24)32-16-7-5-4-6-8-16/h9-14,16,21,29-30H,4-8H2,1-3H3,(H3,31,32,33,34,35). The van der Waals surface area contributed by atoms with Gasteiger partial charge < -0.3 is 31.1 Å². The van der Waals surface area contributed by atoms with E-state index in [1.165, 1.54) is 6.21 Å². The first kappa shape index (κ1) is 25.7. The number of rotatable bonds is 9. The molecule has 3 aromatic rings. The molecule has 8 nitrogen and oxygen atoms in total. The molecule has 11 heteroatoms. The van der Waals surface area contributed by atoms with Gasteiger partial charge in [0.25, 0.3) is 0 Å². The van der Waals surface area contributed by atoms with E-state index in [-0.39, 0.29) is 40.8 Å². The molecule has 0 amide bonds. The van der Waals surface area contributed by atoms with E-state index < -0.39 is 11.7 Å². The smallest absolute Gasteiger partial charge is 0.418 e. The molecule has 0 saturated heterocycles. The number of anilines is 3. The van der Waals surface area contributed by atoms with Crippen LogP contribution in [-0.2, 0) is 6.18 Å². The first-order valence-corrected chi connectivity index (χ1v) is 12.1. The van der Waals surface area contributed by atoms with Crippen molar-refractivity contribution in [2.45, 2.75) is 57.3 Å². The molecule has 2 atom stereocenters. The van der Waals surface area contributed by atoms with Gasteiger partial charge in [-0.3, -0.25) is 0 Å². The zero-order chi connectivity index (χ0) is 25.9. The Balaban J connectivity index is 1.71. The molecule has 0 bridgehead atoms. The molecular weight excluding hydrogens is 471 g/mol. The van der Waals surface area contributed by atoms with E-state index in [0.29, 0.717) is 11.4 Å². The fraction of sp³-hybridized carbons (Fsp3) is 0.480. The van der Waals surface area contributed by atoms with E-state index in [4.69, 9.17) is 10.1 Å². The molecule has 1 aromatic carbocycles. The maximum atomic E-state index is 13.7. The van der Waals surface area contributed by atoms with Crippen molar-refractivity contribution in [3.8, 4) is 5.75 Å². The van der Waals surface area contributed by atoms with E-state index in [2.05, 4.69) is 30.9 Å². The van der Waals surface area contributed by atoms with Crippen molar-refractivity contribution in [1.82, 2.24) is 20.3 Å². The van der Waals surface area contributed by atoms with Gasteiger partial charge in [-0.2, -0.15) is 23.1 Å². The average molecular weight is 504 g/mol. The normalized spacial score (nSPS) is 16.5. The Morgan fingerprint density at radius 2 is 1.94 bits per heavy atom. The van der Waals surface area contributed by atoms with Crippen molar-refractivity contribution in [3.05, 3.63) is 35.5 Å². The predicted molar refractivity (Wildman–Crippen MR) is 135 cm³/mol. The van der Waals surface area contributed by atoms with Crippen molar-refractivity contribution in [1.29, 1.82) is 5.41 Å². The molecular formula is C25H32F3N7O. The van der Waals surface area contributed by atoms with Crippen LogP contribution >= 0.6 is 0 Å². The summed E-state index contributed by atoms with van der Waals surface area (Å²) in [4.78, 5) is 11.5. The summed E-state index contributed by atoms with van der Waals surface area (Å²) in [7, 11) is 3.37. The first-order valence-electron chi connectivity index (χ1n) is 12.1. The van der Waals surface area contributed by atoms with E-state index in [9.17, 15) is 13.2 Å². The zero-order valence-corrected chi connectivity index (χ0v) is 20.6. The van der Waals surface area contributed by atoms with Crippen LogP contribution in [0.1, 0.15) is 56.2 Å². The number of benzene rings is 1. The van der Waals surface area contributed by atoms with E-state index >= 15 is 0 Å². The number of nitrogens with one attached hydrogen (secondary N) is 5. The molecule has 1 aliphatic carbocycles. The van der Waals surface area contributed by atoms with Crippen molar-refractivity contribution in [2.24, 2.45) is 5.92 Å². The number of nitrogens with zero attached hydrogens (tertiary/aromatic N) is 2. The molecule has 5 N–H and O–H groups in total. The van der Waals surface area contributed by atoms with Gasteiger partial charge in [-0.15, -0.1) is 0 Å². The van der Waals surface area contributed by atoms with Gasteiger partial charge in [0.05, 0.1) is 23.7 Å². The number of methoxy groups -OCH3 is 1. The molecule has 0 radical (unpaired) electrons. The number of hydrogen-bond donors (Lipinski definition) is 5. The number of H-pyrrole nitrogens is 1. The maximum Gasteiger partial charge on any atom is 0.418 e. The average Bonchev–Trinajstić information content (AvgIpc) is 3.31. The summed E-state index contributed by atoms with van der Waals surface area (Å²) in [6, 6.07) is 5.56.